The molecule has 0 saturated carbocycles. The highest BCUT2D eigenvalue weighted by molar-refractivity contribution is 7.90. The molecule has 1 aliphatic heterocycles. The van der Waals surface area contributed by atoms with E-state index in [2.05, 4.69) is 11.4 Å². The van der Waals surface area contributed by atoms with Gasteiger partial charge in [-0.2, -0.15) is 5.26 Å². The molecule has 0 atom stereocenters. The summed E-state index contributed by atoms with van der Waals surface area (Å²) in [5.74, 6) is -0.217. The maximum atomic E-state index is 13.8. The lowest BCUT2D eigenvalue weighted by Gasteiger charge is -2.24. The number of benzene rings is 3. The average Bonchev–Trinajstić information content (AvgIpc) is 3.33. The van der Waals surface area contributed by atoms with Gasteiger partial charge in [-0.25, -0.2) is 12.4 Å². The first kappa shape index (κ1) is 23.8. The number of nitrogens with one attached hydrogen (secondary N) is 1. The van der Waals surface area contributed by atoms with Gasteiger partial charge in [0.15, 0.2) is 0 Å². The Hall–Kier alpha value is -3.93. The Balaban J connectivity index is 1.40. The summed E-state index contributed by atoms with van der Waals surface area (Å²) in [6.45, 7) is 1.52. The quantitative estimate of drug-likeness (QED) is 0.419. The Bertz CT molecular complexity index is 1540. The van der Waals surface area contributed by atoms with Crippen LogP contribution in [0.3, 0.4) is 0 Å². The van der Waals surface area contributed by atoms with Crippen LogP contribution in [0.2, 0.25) is 0 Å². The van der Waals surface area contributed by atoms with Crippen LogP contribution in [0.15, 0.2) is 83.8 Å². The molecule has 1 aromatic heterocycles. The van der Waals surface area contributed by atoms with Gasteiger partial charge in [0.2, 0.25) is 0 Å². The van der Waals surface area contributed by atoms with Crippen LogP contribution in [0, 0.1) is 11.3 Å². The first-order chi connectivity index (χ1) is 17.5. The zero-order valence-corrected chi connectivity index (χ0v) is 20.4. The lowest BCUT2D eigenvalue weighted by molar-refractivity contribution is 0.0844. The molecule has 0 bridgehead atoms. The SMILES string of the molecule is N#Cc1ccc(CNC(=O)c2ccc(S(=O)(=O)n3c(C4CCOCC4)cc4ccccc43)cc2)cc1. The van der Waals surface area contributed by atoms with Crippen LogP contribution in [0.5, 0.6) is 0 Å². The normalized spacial score (nSPS) is 14.4. The first-order valence-corrected chi connectivity index (χ1v) is 13.2. The minimum atomic E-state index is -3.89. The van der Waals surface area contributed by atoms with E-state index in [1.165, 1.54) is 28.2 Å². The van der Waals surface area contributed by atoms with Crippen molar-refractivity contribution in [2.75, 3.05) is 13.2 Å². The molecule has 2 heterocycles. The van der Waals surface area contributed by atoms with E-state index in [1.807, 2.05) is 30.3 Å². The third kappa shape index (κ3) is 4.63. The second-order valence-electron chi connectivity index (χ2n) is 8.80. The van der Waals surface area contributed by atoms with Crippen molar-refractivity contribution in [1.82, 2.24) is 9.29 Å². The molecule has 0 unspecified atom stereocenters. The summed E-state index contributed by atoms with van der Waals surface area (Å²) in [5, 5.41) is 12.6. The number of hydrogen-bond acceptors (Lipinski definition) is 5. The highest BCUT2D eigenvalue weighted by Gasteiger charge is 2.28. The van der Waals surface area contributed by atoms with E-state index in [0.29, 0.717) is 36.4 Å². The second kappa shape index (κ2) is 9.97. The Morgan fingerprint density at radius 2 is 1.69 bits per heavy atom. The summed E-state index contributed by atoms with van der Waals surface area (Å²) >= 11 is 0. The number of fused-ring (bicyclic) bond motifs is 1. The van der Waals surface area contributed by atoms with Crippen molar-refractivity contribution in [3.8, 4) is 6.07 Å². The number of aromatic nitrogens is 1. The topological polar surface area (TPSA) is 101 Å². The van der Waals surface area contributed by atoms with E-state index in [0.717, 1.165) is 29.5 Å². The predicted molar refractivity (Wildman–Crippen MR) is 136 cm³/mol. The fourth-order valence-electron chi connectivity index (χ4n) is 4.56. The van der Waals surface area contributed by atoms with Gasteiger partial charge in [0.1, 0.15) is 0 Å². The second-order valence-corrected chi connectivity index (χ2v) is 10.6. The third-order valence-corrected chi connectivity index (χ3v) is 8.28. The average molecular weight is 500 g/mol. The van der Waals surface area contributed by atoms with Crippen LogP contribution in [0.25, 0.3) is 10.9 Å². The molecule has 4 aromatic rings. The summed E-state index contributed by atoms with van der Waals surface area (Å²) in [6.07, 6.45) is 1.54. The number of hydrogen-bond donors (Lipinski definition) is 1. The van der Waals surface area contributed by atoms with Gasteiger partial charge < -0.3 is 10.1 Å². The molecule has 7 nitrogen and oxygen atoms in total. The summed E-state index contributed by atoms with van der Waals surface area (Å²) in [7, 11) is -3.89. The largest absolute Gasteiger partial charge is 0.381 e. The van der Waals surface area contributed by atoms with Crippen LogP contribution in [0.1, 0.15) is 45.9 Å². The monoisotopic (exact) mass is 499 g/mol. The van der Waals surface area contributed by atoms with Gasteiger partial charge >= 0.3 is 0 Å². The minimum Gasteiger partial charge on any atom is -0.381 e. The third-order valence-electron chi connectivity index (χ3n) is 6.52. The molecule has 1 amide bonds. The van der Waals surface area contributed by atoms with Crippen molar-refractivity contribution in [1.29, 1.82) is 5.26 Å². The van der Waals surface area contributed by atoms with Gasteiger partial charge in [-0.1, -0.05) is 30.3 Å². The maximum absolute atomic E-state index is 13.8. The standard InChI is InChI=1S/C28H25N3O4S/c29-18-20-5-7-21(8-6-20)19-30-28(32)23-9-11-25(12-10-23)36(33,34)31-26-4-2-1-3-24(26)17-27(31)22-13-15-35-16-14-22/h1-12,17,22H,13-16,19H2,(H,30,32). The molecule has 0 radical (unpaired) electrons. The first-order valence-electron chi connectivity index (χ1n) is 11.8. The molecule has 3 aromatic carbocycles. The maximum Gasteiger partial charge on any atom is 0.268 e. The number of carbonyl (C=O) groups is 1. The van der Waals surface area contributed by atoms with Crippen LogP contribution in [-0.2, 0) is 21.3 Å². The lowest BCUT2D eigenvalue weighted by atomic mass is 9.97. The van der Waals surface area contributed by atoms with Crippen LogP contribution in [-0.4, -0.2) is 31.5 Å². The van der Waals surface area contributed by atoms with Gasteiger partial charge in [-0.15, -0.1) is 0 Å². The highest BCUT2D eigenvalue weighted by Crippen LogP contribution is 2.34. The molecular weight excluding hydrogens is 474 g/mol. The predicted octanol–water partition coefficient (Wildman–Crippen LogP) is 4.57. The molecule has 182 valence electrons. The molecule has 8 heteroatoms. The lowest BCUT2D eigenvalue weighted by Crippen LogP contribution is -2.23. The summed E-state index contributed by atoms with van der Waals surface area (Å²) in [4.78, 5) is 12.8. The van der Waals surface area contributed by atoms with E-state index in [1.54, 1.807) is 24.3 Å². The number of nitriles is 1. The van der Waals surface area contributed by atoms with Crippen molar-refractivity contribution < 1.29 is 17.9 Å². The number of nitrogens with zero attached hydrogens (tertiary/aromatic N) is 2. The molecule has 1 aliphatic rings. The summed E-state index contributed by atoms with van der Waals surface area (Å²) < 4.78 is 34.6. The molecule has 0 spiro atoms. The van der Waals surface area contributed by atoms with E-state index in [4.69, 9.17) is 10.00 Å². The molecule has 36 heavy (non-hydrogen) atoms. The number of ether oxygens (including phenoxy) is 1. The Labute approximate surface area is 210 Å². The smallest absolute Gasteiger partial charge is 0.268 e. The molecule has 5 rings (SSSR count). The zero-order valence-electron chi connectivity index (χ0n) is 19.6. The Morgan fingerprint density at radius 3 is 2.39 bits per heavy atom. The number of para-hydroxylation sites is 1. The molecule has 0 aliphatic carbocycles. The summed E-state index contributed by atoms with van der Waals surface area (Å²) in [6, 6.07) is 24.5. The van der Waals surface area contributed by atoms with Gasteiger partial charge in [-0.05, 0) is 66.9 Å². The fourth-order valence-corrected chi connectivity index (χ4v) is 6.16. The molecular formula is C28H25N3O4S. The van der Waals surface area contributed by atoms with Crippen LogP contribution >= 0.6 is 0 Å². The summed E-state index contributed by atoms with van der Waals surface area (Å²) in [5.41, 5.74) is 3.19. The minimum absolute atomic E-state index is 0.0909. The molecule has 1 N–H and O–H groups in total. The van der Waals surface area contributed by atoms with Crippen molar-refractivity contribution >= 4 is 26.8 Å². The number of carbonyl (C=O) groups excluding carboxylic acids is 1. The van der Waals surface area contributed by atoms with Crippen molar-refractivity contribution in [3.63, 3.8) is 0 Å². The van der Waals surface area contributed by atoms with Crippen LogP contribution in [0.4, 0.5) is 0 Å². The Kier molecular flexibility index (Phi) is 6.59. The molecule has 1 saturated heterocycles. The van der Waals surface area contributed by atoms with Crippen molar-refractivity contribution in [2.24, 2.45) is 0 Å². The van der Waals surface area contributed by atoms with Gasteiger partial charge in [0, 0.05) is 42.3 Å². The van der Waals surface area contributed by atoms with E-state index >= 15 is 0 Å². The van der Waals surface area contributed by atoms with Crippen molar-refractivity contribution in [2.45, 2.75) is 30.2 Å². The highest BCUT2D eigenvalue weighted by atomic mass is 32.2. The van der Waals surface area contributed by atoms with E-state index in [9.17, 15) is 13.2 Å². The van der Waals surface area contributed by atoms with Crippen LogP contribution < -0.4 is 5.32 Å². The Morgan fingerprint density at radius 1 is 1.00 bits per heavy atom. The van der Waals surface area contributed by atoms with E-state index in [-0.39, 0.29) is 16.7 Å². The van der Waals surface area contributed by atoms with Gasteiger partial charge in [0.05, 0.1) is 22.0 Å². The fraction of sp³-hybridized carbons (Fsp3) is 0.214. The zero-order chi connectivity index (χ0) is 25.1. The molecule has 1 fully saturated rings. The van der Waals surface area contributed by atoms with E-state index < -0.39 is 10.0 Å². The number of rotatable bonds is 6. The van der Waals surface area contributed by atoms with Crippen molar-refractivity contribution in [3.05, 3.63) is 101 Å². The van der Waals surface area contributed by atoms with Gasteiger partial charge in [0.25, 0.3) is 15.9 Å². The van der Waals surface area contributed by atoms with Gasteiger partial charge in [-0.3, -0.25) is 4.79 Å². The number of amides is 1.